The maximum absolute atomic E-state index is 6.45. The highest BCUT2D eigenvalue weighted by Gasteiger charge is 2.19. The van der Waals surface area contributed by atoms with Gasteiger partial charge in [-0.05, 0) is 37.6 Å². The standard InChI is InChI=1S/C26H18OS/c1-15-11-16(2)13-17(12-15)24-25-19-8-4-6-10-22(19)28-23(25)14-20-18-7-3-5-9-21(18)27-26(20)24/h3-14H,1-2H3. The summed E-state index contributed by atoms with van der Waals surface area (Å²) in [5.41, 5.74) is 6.93. The molecule has 0 aliphatic rings. The maximum Gasteiger partial charge on any atom is 0.143 e. The predicted molar refractivity (Wildman–Crippen MR) is 122 cm³/mol. The highest BCUT2D eigenvalue weighted by atomic mass is 32.1. The number of hydrogen-bond acceptors (Lipinski definition) is 2. The van der Waals surface area contributed by atoms with Gasteiger partial charge in [0.1, 0.15) is 11.2 Å². The lowest BCUT2D eigenvalue weighted by Crippen LogP contribution is -1.85. The molecule has 0 saturated heterocycles. The molecule has 0 fully saturated rings. The van der Waals surface area contributed by atoms with Crippen molar-refractivity contribution in [3.8, 4) is 11.1 Å². The molecule has 2 heteroatoms. The monoisotopic (exact) mass is 378 g/mol. The predicted octanol–water partition coefficient (Wildman–Crippen LogP) is 8.24. The number of aryl methyl sites for hydroxylation is 2. The van der Waals surface area contributed by atoms with Crippen LogP contribution in [-0.4, -0.2) is 0 Å². The summed E-state index contributed by atoms with van der Waals surface area (Å²) in [6.07, 6.45) is 0. The first kappa shape index (κ1) is 15.9. The minimum atomic E-state index is 0.949. The van der Waals surface area contributed by atoms with Crippen LogP contribution in [0.2, 0.25) is 0 Å². The third-order valence-corrected chi connectivity index (χ3v) is 6.64. The van der Waals surface area contributed by atoms with Crippen LogP contribution < -0.4 is 0 Å². The summed E-state index contributed by atoms with van der Waals surface area (Å²) in [5, 5.41) is 4.99. The fourth-order valence-corrected chi connectivity index (χ4v) is 5.61. The van der Waals surface area contributed by atoms with Crippen LogP contribution in [0.1, 0.15) is 11.1 Å². The second kappa shape index (κ2) is 5.70. The van der Waals surface area contributed by atoms with E-state index in [4.69, 9.17) is 4.42 Å². The molecule has 0 aliphatic carbocycles. The molecule has 2 aromatic heterocycles. The number of furan rings is 1. The molecule has 0 spiro atoms. The van der Waals surface area contributed by atoms with Gasteiger partial charge in [0.15, 0.2) is 0 Å². The van der Waals surface area contributed by atoms with Gasteiger partial charge >= 0.3 is 0 Å². The smallest absolute Gasteiger partial charge is 0.143 e. The summed E-state index contributed by atoms with van der Waals surface area (Å²) >= 11 is 1.86. The van der Waals surface area contributed by atoms with Crippen molar-refractivity contribution in [3.63, 3.8) is 0 Å². The maximum atomic E-state index is 6.45. The van der Waals surface area contributed by atoms with Crippen molar-refractivity contribution in [1.29, 1.82) is 0 Å². The van der Waals surface area contributed by atoms with E-state index in [9.17, 15) is 0 Å². The molecular weight excluding hydrogens is 360 g/mol. The zero-order chi connectivity index (χ0) is 18.8. The molecule has 4 aromatic carbocycles. The minimum Gasteiger partial charge on any atom is -0.455 e. The number of benzene rings is 4. The van der Waals surface area contributed by atoms with Gasteiger partial charge in [0, 0.05) is 36.5 Å². The van der Waals surface area contributed by atoms with Crippen molar-refractivity contribution >= 4 is 53.4 Å². The number of rotatable bonds is 1. The van der Waals surface area contributed by atoms with E-state index in [0.717, 1.165) is 11.2 Å². The Labute approximate surface area is 166 Å². The van der Waals surface area contributed by atoms with Gasteiger partial charge in [-0.25, -0.2) is 0 Å². The van der Waals surface area contributed by atoms with E-state index in [-0.39, 0.29) is 0 Å². The first-order valence-electron chi connectivity index (χ1n) is 9.53. The van der Waals surface area contributed by atoms with Crippen LogP contribution in [0, 0.1) is 13.8 Å². The van der Waals surface area contributed by atoms with Gasteiger partial charge in [0.2, 0.25) is 0 Å². The van der Waals surface area contributed by atoms with Crippen molar-refractivity contribution in [3.05, 3.63) is 83.9 Å². The Bertz CT molecular complexity index is 1500. The first-order chi connectivity index (χ1) is 13.7. The summed E-state index contributed by atoms with van der Waals surface area (Å²) in [6.45, 7) is 4.33. The van der Waals surface area contributed by atoms with E-state index in [1.165, 1.54) is 53.2 Å². The Balaban J connectivity index is 1.91. The van der Waals surface area contributed by atoms with E-state index in [1.807, 2.05) is 17.4 Å². The van der Waals surface area contributed by atoms with Gasteiger partial charge < -0.3 is 4.42 Å². The van der Waals surface area contributed by atoms with Gasteiger partial charge in [-0.3, -0.25) is 0 Å². The third-order valence-electron chi connectivity index (χ3n) is 5.52. The van der Waals surface area contributed by atoms with Gasteiger partial charge in [-0.1, -0.05) is 65.7 Å². The Morgan fingerprint density at radius 1 is 0.679 bits per heavy atom. The van der Waals surface area contributed by atoms with Crippen molar-refractivity contribution in [2.24, 2.45) is 0 Å². The number of fused-ring (bicyclic) bond motifs is 6. The molecule has 0 atom stereocenters. The lowest BCUT2D eigenvalue weighted by Gasteiger charge is -2.09. The highest BCUT2D eigenvalue weighted by molar-refractivity contribution is 7.26. The summed E-state index contributed by atoms with van der Waals surface area (Å²) in [7, 11) is 0. The second-order valence-electron chi connectivity index (χ2n) is 7.57. The van der Waals surface area contributed by atoms with Crippen molar-refractivity contribution in [2.45, 2.75) is 13.8 Å². The van der Waals surface area contributed by atoms with Crippen molar-refractivity contribution < 1.29 is 4.42 Å². The zero-order valence-electron chi connectivity index (χ0n) is 15.7. The molecular formula is C26H18OS. The van der Waals surface area contributed by atoms with E-state index < -0.39 is 0 Å². The lowest BCUT2D eigenvalue weighted by atomic mass is 9.94. The van der Waals surface area contributed by atoms with Crippen LogP contribution in [0.3, 0.4) is 0 Å². The Hall–Kier alpha value is -3.10. The van der Waals surface area contributed by atoms with Crippen LogP contribution in [0.5, 0.6) is 0 Å². The van der Waals surface area contributed by atoms with Crippen LogP contribution in [0.15, 0.2) is 77.2 Å². The SMILES string of the molecule is Cc1cc(C)cc(-c2c3oc4ccccc4c3cc3sc4ccccc4c23)c1. The fraction of sp³-hybridized carbons (Fsp3) is 0.0769. The quantitative estimate of drug-likeness (QED) is 0.281. The lowest BCUT2D eigenvalue weighted by molar-refractivity contribution is 0.670. The molecule has 6 rings (SSSR count). The number of hydrogen-bond donors (Lipinski definition) is 0. The first-order valence-corrected chi connectivity index (χ1v) is 10.3. The molecule has 0 radical (unpaired) electrons. The third kappa shape index (κ3) is 2.18. The van der Waals surface area contributed by atoms with E-state index in [0.29, 0.717) is 0 Å². The molecule has 134 valence electrons. The molecule has 0 bridgehead atoms. The molecule has 0 N–H and O–H groups in total. The average Bonchev–Trinajstić information content (AvgIpc) is 3.23. The number of thiophene rings is 1. The average molecular weight is 378 g/mol. The van der Waals surface area contributed by atoms with E-state index >= 15 is 0 Å². The molecule has 0 aliphatic heterocycles. The van der Waals surface area contributed by atoms with Crippen molar-refractivity contribution in [2.75, 3.05) is 0 Å². The molecule has 0 amide bonds. The second-order valence-corrected chi connectivity index (χ2v) is 8.66. The molecule has 1 nitrogen and oxygen atoms in total. The van der Waals surface area contributed by atoms with E-state index in [2.05, 4.69) is 80.6 Å². The van der Waals surface area contributed by atoms with Gasteiger partial charge in [0.05, 0.1) is 0 Å². The summed E-state index contributed by atoms with van der Waals surface area (Å²) in [6, 6.07) is 26.1. The summed E-state index contributed by atoms with van der Waals surface area (Å²) in [4.78, 5) is 0. The Morgan fingerprint density at radius 3 is 2.21 bits per heavy atom. The van der Waals surface area contributed by atoms with Crippen LogP contribution in [0.4, 0.5) is 0 Å². The Morgan fingerprint density at radius 2 is 1.39 bits per heavy atom. The minimum absolute atomic E-state index is 0.949. The zero-order valence-corrected chi connectivity index (χ0v) is 16.6. The Kier molecular flexibility index (Phi) is 3.24. The number of para-hydroxylation sites is 1. The molecule has 0 saturated carbocycles. The van der Waals surface area contributed by atoms with Gasteiger partial charge in [-0.2, -0.15) is 0 Å². The fourth-order valence-electron chi connectivity index (χ4n) is 4.46. The van der Waals surface area contributed by atoms with Crippen LogP contribution in [0.25, 0.3) is 53.2 Å². The largest absolute Gasteiger partial charge is 0.455 e. The summed E-state index contributed by atoms with van der Waals surface area (Å²) in [5.74, 6) is 0. The molecule has 2 heterocycles. The molecule has 28 heavy (non-hydrogen) atoms. The topological polar surface area (TPSA) is 13.1 Å². The normalized spacial score (nSPS) is 11.9. The van der Waals surface area contributed by atoms with Gasteiger partial charge in [0.25, 0.3) is 0 Å². The van der Waals surface area contributed by atoms with Crippen molar-refractivity contribution in [1.82, 2.24) is 0 Å². The highest BCUT2D eigenvalue weighted by Crippen LogP contribution is 2.46. The van der Waals surface area contributed by atoms with Crippen LogP contribution >= 0.6 is 11.3 Å². The van der Waals surface area contributed by atoms with E-state index in [1.54, 1.807) is 0 Å². The van der Waals surface area contributed by atoms with Gasteiger partial charge in [-0.15, -0.1) is 11.3 Å². The molecule has 6 aromatic rings. The summed E-state index contributed by atoms with van der Waals surface area (Å²) < 4.78 is 9.08. The molecule has 0 unspecified atom stereocenters. The van der Waals surface area contributed by atoms with Crippen LogP contribution in [-0.2, 0) is 0 Å².